The Morgan fingerprint density at radius 1 is 1.42 bits per heavy atom. The van der Waals surface area contributed by atoms with Crippen molar-refractivity contribution in [2.75, 3.05) is 18.8 Å². The molecule has 0 radical (unpaired) electrons. The fraction of sp³-hybridized carbons (Fsp3) is 0.500. The molecule has 1 aliphatic rings. The molecule has 1 aromatic carbocycles. The molecule has 1 fully saturated rings. The third-order valence-electron chi connectivity index (χ3n) is 3.29. The van der Waals surface area contributed by atoms with E-state index in [1.54, 1.807) is 12.1 Å². The molecule has 2 rings (SSSR count). The number of hydrogen-bond donors (Lipinski definition) is 2. The fourth-order valence-electron chi connectivity index (χ4n) is 2.67. The van der Waals surface area contributed by atoms with Gasteiger partial charge < -0.3 is 15.6 Å². The van der Waals surface area contributed by atoms with Crippen LogP contribution in [0, 0.1) is 0 Å². The minimum absolute atomic E-state index is 0.165. The lowest BCUT2D eigenvalue weighted by atomic mass is 10.0. The molecular weight excluding hydrogens is 244 g/mol. The van der Waals surface area contributed by atoms with Crippen LogP contribution in [0.5, 0.6) is 0 Å². The maximum atomic E-state index is 11.3. The minimum atomic E-state index is -0.970. The molecule has 2 unspecified atom stereocenters. The van der Waals surface area contributed by atoms with E-state index < -0.39 is 5.97 Å². The van der Waals surface area contributed by atoms with E-state index in [4.69, 9.17) is 10.5 Å². The van der Waals surface area contributed by atoms with Gasteiger partial charge in [-0.1, -0.05) is 12.1 Å². The Morgan fingerprint density at radius 2 is 2.05 bits per heavy atom. The highest BCUT2D eigenvalue weighted by Crippen LogP contribution is 2.21. The summed E-state index contributed by atoms with van der Waals surface area (Å²) in [4.78, 5) is 13.5. The molecule has 104 valence electrons. The van der Waals surface area contributed by atoms with Gasteiger partial charge in [-0.05, 0) is 25.5 Å². The first-order valence-corrected chi connectivity index (χ1v) is 6.46. The molecule has 0 spiro atoms. The summed E-state index contributed by atoms with van der Waals surface area (Å²) >= 11 is 0. The van der Waals surface area contributed by atoms with E-state index >= 15 is 0 Å². The van der Waals surface area contributed by atoms with Gasteiger partial charge in [0.2, 0.25) is 0 Å². The Morgan fingerprint density at radius 3 is 2.63 bits per heavy atom. The molecule has 5 nitrogen and oxygen atoms in total. The molecule has 0 bridgehead atoms. The third kappa shape index (κ3) is 3.24. The Kier molecular flexibility index (Phi) is 4.07. The van der Waals surface area contributed by atoms with Gasteiger partial charge in [-0.15, -0.1) is 0 Å². The van der Waals surface area contributed by atoms with Gasteiger partial charge in [0.05, 0.1) is 17.8 Å². The van der Waals surface area contributed by atoms with Crippen molar-refractivity contribution in [1.29, 1.82) is 0 Å². The number of nitrogens with zero attached hydrogens (tertiary/aromatic N) is 1. The second-order valence-corrected chi connectivity index (χ2v) is 5.14. The highest BCUT2D eigenvalue weighted by molar-refractivity contribution is 5.95. The van der Waals surface area contributed by atoms with Crippen molar-refractivity contribution < 1.29 is 14.6 Å². The maximum Gasteiger partial charge on any atom is 0.338 e. The summed E-state index contributed by atoms with van der Waals surface area (Å²) in [5, 5.41) is 9.26. The van der Waals surface area contributed by atoms with Gasteiger partial charge in [0.25, 0.3) is 0 Å². The molecule has 0 amide bonds. The lowest BCUT2D eigenvalue weighted by Crippen LogP contribution is -2.45. The van der Waals surface area contributed by atoms with Gasteiger partial charge in [-0.2, -0.15) is 0 Å². The predicted molar refractivity (Wildman–Crippen MR) is 73.1 cm³/mol. The number of nitrogens with two attached hydrogens (primary N) is 1. The lowest BCUT2D eigenvalue weighted by Gasteiger charge is -2.35. The number of carbonyl (C=O) groups is 1. The lowest BCUT2D eigenvalue weighted by molar-refractivity contribution is -0.0705. The van der Waals surface area contributed by atoms with Gasteiger partial charge in [-0.3, -0.25) is 4.90 Å². The topological polar surface area (TPSA) is 75.8 Å². The van der Waals surface area contributed by atoms with Gasteiger partial charge in [0, 0.05) is 25.3 Å². The maximum absolute atomic E-state index is 11.3. The normalized spacial score (nSPS) is 24.3. The number of carboxylic acids is 1. The summed E-state index contributed by atoms with van der Waals surface area (Å²) in [5.74, 6) is -0.970. The molecule has 5 heteroatoms. The fourth-order valence-corrected chi connectivity index (χ4v) is 2.67. The van der Waals surface area contributed by atoms with Crippen LogP contribution in [0.3, 0.4) is 0 Å². The van der Waals surface area contributed by atoms with E-state index in [9.17, 15) is 9.90 Å². The summed E-state index contributed by atoms with van der Waals surface area (Å²) in [6, 6.07) is 5.24. The Hall–Kier alpha value is -1.59. The zero-order valence-electron chi connectivity index (χ0n) is 11.3. The number of ether oxygens (including phenoxy) is 1. The van der Waals surface area contributed by atoms with Crippen molar-refractivity contribution in [3.8, 4) is 0 Å². The van der Waals surface area contributed by atoms with Crippen molar-refractivity contribution in [2.45, 2.75) is 32.6 Å². The summed E-state index contributed by atoms with van der Waals surface area (Å²) in [6.45, 7) is 6.25. The number of benzene rings is 1. The molecule has 1 saturated heterocycles. The minimum Gasteiger partial charge on any atom is -0.478 e. The second-order valence-electron chi connectivity index (χ2n) is 5.14. The largest absolute Gasteiger partial charge is 0.478 e. The van der Waals surface area contributed by atoms with Crippen molar-refractivity contribution >= 4 is 11.7 Å². The van der Waals surface area contributed by atoms with Crippen LogP contribution in [0.1, 0.15) is 29.8 Å². The average molecular weight is 264 g/mol. The van der Waals surface area contributed by atoms with Crippen LogP contribution in [-0.4, -0.2) is 41.3 Å². The standard InChI is InChI=1S/C14H20N2O3/c1-9-6-16(7-10(2)19-9)8-11-4-3-5-12(15)13(11)14(17)18/h3-5,9-10H,6-8,15H2,1-2H3,(H,17,18). The molecule has 0 aliphatic carbocycles. The van der Waals surface area contributed by atoms with Crippen molar-refractivity contribution in [3.05, 3.63) is 29.3 Å². The molecule has 0 aromatic heterocycles. The predicted octanol–water partition coefficient (Wildman–Crippen LogP) is 1.58. The van der Waals surface area contributed by atoms with Gasteiger partial charge in [0.15, 0.2) is 0 Å². The smallest absolute Gasteiger partial charge is 0.338 e. The van der Waals surface area contributed by atoms with Crippen molar-refractivity contribution in [1.82, 2.24) is 4.90 Å². The van der Waals surface area contributed by atoms with Crippen LogP contribution in [0.4, 0.5) is 5.69 Å². The van der Waals surface area contributed by atoms with E-state index in [1.807, 2.05) is 19.9 Å². The molecule has 3 N–H and O–H groups in total. The molecule has 2 atom stereocenters. The van der Waals surface area contributed by atoms with E-state index in [0.717, 1.165) is 18.7 Å². The molecular formula is C14H20N2O3. The number of hydrogen-bond acceptors (Lipinski definition) is 4. The Bertz CT molecular complexity index is 466. The highest BCUT2D eigenvalue weighted by Gasteiger charge is 2.24. The van der Waals surface area contributed by atoms with Gasteiger partial charge >= 0.3 is 5.97 Å². The Balaban J connectivity index is 2.19. The van der Waals surface area contributed by atoms with Gasteiger partial charge in [0.1, 0.15) is 0 Å². The van der Waals surface area contributed by atoms with Crippen molar-refractivity contribution in [3.63, 3.8) is 0 Å². The monoisotopic (exact) mass is 264 g/mol. The summed E-state index contributed by atoms with van der Waals surface area (Å²) in [7, 11) is 0. The number of aromatic carboxylic acids is 1. The van der Waals surface area contributed by atoms with Gasteiger partial charge in [-0.25, -0.2) is 4.79 Å². The van der Waals surface area contributed by atoms with E-state index in [0.29, 0.717) is 12.2 Å². The van der Waals surface area contributed by atoms with Crippen LogP contribution in [-0.2, 0) is 11.3 Å². The van der Waals surface area contributed by atoms with Crippen LogP contribution in [0.25, 0.3) is 0 Å². The second kappa shape index (κ2) is 5.59. The summed E-state index contributed by atoms with van der Waals surface area (Å²) < 4.78 is 5.67. The quantitative estimate of drug-likeness (QED) is 0.811. The SMILES string of the molecule is CC1CN(Cc2cccc(N)c2C(=O)O)CC(C)O1. The third-order valence-corrected chi connectivity index (χ3v) is 3.29. The van der Waals surface area contributed by atoms with Crippen LogP contribution in [0.2, 0.25) is 0 Å². The van der Waals surface area contributed by atoms with Crippen LogP contribution < -0.4 is 5.73 Å². The first kappa shape index (κ1) is 13.8. The molecule has 1 aliphatic heterocycles. The highest BCUT2D eigenvalue weighted by atomic mass is 16.5. The first-order valence-electron chi connectivity index (χ1n) is 6.46. The number of morpholine rings is 1. The van der Waals surface area contributed by atoms with Crippen LogP contribution in [0.15, 0.2) is 18.2 Å². The van der Waals surface area contributed by atoms with E-state index in [2.05, 4.69) is 4.90 Å². The summed E-state index contributed by atoms with van der Waals surface area (Å²) in [5.41, 5.74) is 7.05. The molecule has 0 saturated carbocycles. The van der Waals surface area contributed by atoms with Crippen LogP contribution >= 0.6 is 0 Å². The molecule has 1 aromatic rings. The number of anilines is 1. The van der Waals surface area contributed by atoms with E-state index in [1.165, 1.54) is 0 Å². The zero-order chi connectivity index (χ0) is 14.0. The number of carboxylic acid groups (broad SMARTS) is 1. The van der Waals surface area contributed by atoms with E-state index in [-0.39, 0.29) is 17.8 Å². The number of rotatable bonds is 3. The number of nitrogen functional groups attached to an aromatic ring is 1. The molecule has 1 heterocycles. The summed E-state index contributed by atoms with van der Waals surface area (Å²) in [6.07, 6.45) is 0.330. The molecule has 19 heavy (non-hydrogen) atoms. The zero-order valence-corrected chi connectivity index (χ0v) is 11.3. The van der Waals surface area contributed by atoms with Crippen molar-refractivity contribution in [2.24, 2.45) is 0 Å². The Labute approximate surface area is 113 Å². The first-order chi connectivity index (χ1) is 8.97. The average Bonchev–Trinajstić information content (AvgIpc) is 2.26.